The van der Waals surface area contributed by atoms with Crippen molar-refractivity contribution in [3.63, 3.8) is 0 Å². The maximum Gasteiger partial charge on any atom is -1.00 e. The van der Waals surface area contributed by atoms with Gasteiger partial charge in [0, 0.05) is 0 Å². The Morgan fingerprint density at radius 1 is 0.914 bits per heavy atom. The molecule has 0 fully saturated rings. The summed E-state index contributed by atoms with van der Waals surface area (Å²) in [5, 5.41) is 0. The third-order valence-electron chi connectivity index (χ3n) is 7.06. The van der Waals surface area contributed by atoms with Crippen LogP contribution < -0.4 is 28.1 Å². The molecule has 3 heteroatoms. The van der Waals surface area contributed by atoms with Crippen molar-refractivity contribution in [3.8, 4) is 11.1 Å². The molecular formula is C32H30Cl2Zr. The van der Waals surface area contributed by atoms with E-state index in [9.17, 15) is 0 Å². The molecule has 176 valence electrons. The molecule has 35 heavy (non-hydrogen) atoms. The number of fused-ring (bicyclic) bond motifs is 3. The summed E-state index contributed by atoms with van der Waals surface area (Å²) >= 11 is -2.42. The van der Waals surface area contributed by atoms with Crippen LogP contribution in [-0.4, -0.2) is 3.21 Å². The largest absolute Gasteiger partial charge is 1.00 e. The number of hydrogen-bond donors (Lipinski definition) is 0. The van der Waals surface area contributed by atoms with Crippen LogP contribution in [0.3, 0.4) is 0 Å². The van der Waals surface area contributed by atoms with Gasteiger partial charge >= 0.3 is 207 Å². The van der Waals surface area contributed by atoms with Gasteiger partial charge < -0.3 is 24.8 Å². The Hall–Kier alpha value is -2.05. The van der Waals surface area contributed by atoms with Gasteiger partial charge in [0.25, 0.3) is 0 Å². The van der Waals surface area contributed by atoms with Crippen LogP contribution >= 0.6 is 0 Å². The van der Waals surface area contributed by atoms with Crippen LogP contribution in [0.2, 0.25) is 0 Å². The third kappa shape index (κ3) is 5.10. The Labute approximate surface area is 230 Å². The zero-order valence-electron chi connectivity index (χ0n) is 20.5. The van der Waals surface area contributed by atoms with E-state index in [1.807, 2.05) is 12.2 Å². The van der Waals surface area contributed by atoms with Crippen molar-refractivity contribution >= 4 is 18.6 Å². The first kappa shape index (κ1) is 27.5. The fraction of sp³-hybridized carbons (Fsp3) is 0.156. The number of hydrogen-bond acceptors (Lipinski definition) is 0. The first-order chi connectivity index (χ1) is 16.0. The standard InChI is InChI=1S/C17H13.C8H8.C7H9.2ClH.Zr/c1-3-12-5-7-14-11-15-8-6-13(4-2)10-17(15)16(14)9-12;1-2-8-6-4-3-5-7-8;1-6-3-4-7(2)5-6;;;/h3-7,9-10H,1-2,11H2;3-7H,1H3;3,5,7H,1-2H3;2*1H;/q;;;;;+2/p-2. The minimum absolute atomic E-state index is 0. The quantitative estimate of drug-likeness (QED) is 0.338. The summed E-state index contributed by atoms with van der Waals surface area (Å²) in [6.07, 6.45) is 9.93. The maximum absolute atomic E-state index is 4.15. The van der Waals surface area contributed by atoms with Gasteiger partial charge in [0.1, 0.15) is 0 Å². The van der Waals surface area contributed by atoms with Crippen LogP contribution in [0.1, 0.15) is 48.6 Å². The second kappa shape index (κ2) is 11.3. The van der Waals surface area contributed by atoms with Crippen LogP contribution in [0.5, 0.6) is 0 Å². The molecule has 1 unspecified atom stereocenters. The van der Waals surface area contributed by atoms with Crippen molar-refractivity contribution < 1.29 is 46.1 Å². The van der Waals surface area contributed by atoms with Crippen molar-refractivity contribution in [1.82, 2.24) is 0 Å². The second-order valence-electron chi connectivity index (χ2n) is 9.26. The van der Waals surface area contributed by atoms with Crippen molar-refractivity contribution in [2.24, 2.45) is 5.92 Å². The monoisotopic (exact) mass is 574 g/mol. The molecule has 3 aromatic carbocycles. The van der Waals surface area contributed by atoms with Gasteiger partial charge in [0.15, 0.2) is 0 Å². The summed E-state index contributed by atoms with van der Waals surface area (Å²) in [5.74, 6) is 0.511. The van der Waals surface area contributed by atoms with Gasteiger partial charge in [-0.05, 0) is 0 Å². The Morgan fingerprint density at radius 2 is 1.60 bits per heavy atom. The van der Waals surface area contributed by atoms with E-state index in [2.05, 4.69) is 107 Å². The Bertz CT molecular complexity index is 1390. The molecule has 0 aliphatic heterocycles. The van der Waals surface area contributed by atoms with Crippen molar-refractivity contribution in [2.75, 3.05) is 0 Å². The Kier molecular flexibility index (Phi) is 8.92. The van der Waals surface area contributed by atoms with Crippen molar-refractivity contribution in [1.29, 1.82) is 0 Å². The van der Waals surface area contributed by atoms with Crippen LogP contribution in [0.25, 0.3) is 23.3 Å². The minimum atomic E-state index is -2.42. The molecule has 0 saturated heterocycles. The summed E-state index contributed by atoms with van der Waals surface area (Å²) in [4.78, 5) is 0. The molecular weight excluding hydrogens is 546 g/mol. The van der Waals surface area contributed by atoms with Crippen molar-refractivity contribution in [2.45, 2.75) is 27.2 Å². The molecule has 3 aromatic rings. The average molecular weight is 577 g/mol. The molecule has 0 saturated carbocycles. The van der Waals surface area contributed by atoms with E-state index >= 15 is 0 Å². The van der Waals surface area contributed by atoms with E-state index in [0.717, 1.165) is 6.42 Å². The molecule has 0 heterocycles. The minimum Gasteiger partial charge on any atom is -1.00 e. The number of benzene rings is 3. The molecule has 0 nitrogen and oxygen atoms in total. The molecule has 2 aliphatic carbocycles. The maximum atomic E-state index is 4.15. The molecule has 2 aliphatic rings. The van der Waals surface area contributed by atoms with E-state index in [-0.39, 0.29) is 24.8 Å². The summed E-state index contributed by atoms with van der Waals surface area (Å²) < 4.78 is 4.90. The molecule has 5 rings (SSSR count). The first-order valence-corrected chi connectivity index (χ1v) is 15.4. The molecule has 0 radical (unpaired) electrons. The van der Waals surface area contributed by atoms with E-state index in [0.29, 0.717) is 5.92 Å². The van der Waals surface area contributed by atoms with Gasteiger partial charge in [0.2, 0.25) is 0 Å². The third-order valence-corrected chi connectivity index (χ3v) is 14.9. The SMILES string of the molecule is C=Cc1ccc2c(c1)-c1cc(C=C)c[c](/[Zr+2]([C]3=CC(C)=CC3C)=[C](/C)c3ccccc3)c1C2.[Cl-].[Cl-]. The van der Waals surface area contributed by atoms with Crippen molar-refractivity contribution in [3.05, 3.63) is 123 Å². The number of halogens is 2. The zero-order valence-corrected chi connectivity index (χ0v) is 24.5. The van der Waals surface area contributed by atoms with Gasteiger partial charge in [-0.1, -0.05) is 0 Å². The molecule has 1 atom stereocenters. The second-order valence-corrected chi connectivity index (χ2v) is 15.7. The van der Waals surface area contributed by atoms with Crippen LogP contribution in [0.15, 0.2) is 94.8 Å². The topological polar surface area (TPSA) is 0 Å². The van der Waals surface area contributed by atoms with Gasteiger partial charge in [-0.2, -0.15) is 0 Å². The summed E-state index contributed by atoms with van der Waals surface area (Å²) in [6.45, 7) is 15.2. The van der Waals surface area contributed by atoms with Crippen LogP contribution in [0, 0.1) is 5.92 Å². The van der Waals surface area contributed by atoms with E-state index in [4.69, 9.17) is 0 Å². The Morgan fingerprint density at radius 3 is 2.23 bits per heavy atom. The van der Waals surface area contributed by atoms with Crippen LogP contribution in [-0.2, 0) is 27.7 Å². The Balaban J connectivity index is 0.00000171. The smallest absolute Gasteiger partial charge is 1.00 e. The van der Waals surface area contributed by atoms with E-state index in [1.54, 1.807) is 15.3 Å². The zero-order chi connectivity index (χ0) is 23.1. The molecule has 0 N–H and O–H groups in total. The summed E-state index contributed by atoms with van der Waals surface area (Å²) in [6, 6.07) is 22.7. The normalized spacial score (nSPS) is 15.5. The predicted octanol–water partition coefficient (Wildman–Crippen LogP) is 1.52. The first-order valence-electron chi connectivity index (χ1n) is 11.7. The molecule has 0 aromatic heterocycles. The van der Waals surface area contributed by atoms with Gasteiger partial charge in [-0.25, -0.2) is 0 Å². The van der Waals surface area contributed by atoms with E-state index in [1.165, 1.54) is 39.0 Å². The summed E-state index contributed by atoms with van der Waals surface area (Å²) in [7, 11) is 0. The summed E-state index contributed by atoms with van der Waals surface area (Å²) in [5.41, 5.74) is 11.0. The van der Waals surface area contributed by atoms with Gasteiger partial charge in [-0.3, -0.25) is 0 Å². The molecule has 0 spiro atoms. The van der Waals surface area contributed by atoms with Gasteiger partial charge in [-0.15, -0.1) is 0 Å². The predicted molar refractivity (Wildman–Crippen MR) is 142 cm³/mol. The fourth-order valence-electron chi connectivity index (χ4n) is 5.40. The van der Waals surface area contributed by atoms with E-state index < -0.39 is 21.3 Å². The fourth-order valence-corrected chi connectivity index (χ4v) is 13.6. The molecule has 0 amide bonds. The average Bonchev–Trinajstić information content (AvgIpc) is 3.37. The number of allylic oxidation sites excluding steroid dienone is 4. The van der Waals surface area contributed by atoms with Crippen LogP contribution in [0.4, 0.5) is 0 Å². The van der Waals surface area contributed by atoms with Gasteiger partial charge in [0.05, 0.1) is 0 Å². The number of rotatable bonds is 5. The molecule has 0 bridgehead atoms.